The Morgan fingerprint density at radius 3 is 2.70 bits per heavy atom. The van der Waals surface area contributed by atoms with Crippen LogP contribution in [0.4, 0.5) is 0 Å². The van der Waals surface area contributed by atoms with Crippen molar-refractivity contribution in [3.8, 4) is 6.19 Å². The SMILES string of the molecule is CCN(C)C(=NC#N)SC. The summed E-state index contributed by atoms with van der Waals surface area (Å²) in [6.07, 6.45) is 3.66. The van der Waals surface area contributed by atoms with E-state index in [9.17, 15) is 0 Å². The van der Waals surface area contributed by atoms with Crippen molar-refractivity contribution in [2.75, 3.05) is 19.8 Å². The molecule has 0 aromatic carbocycles. The average Bonchev–Trinajstić information content (AvgIpc) is 1.99. The van der Waals surface area contributed by atoms with Gasteiger partial charge in [0.25, 0.3) is 0 Å². The molecule has 3 nitrogen and oxygen atoms in total. The van der Waals surface area contributed by atoms with Crippen molar-refractivity contribution in [3.63, 3.8) is 0 Å². The topological polar surface area (TPSA) is 39.4 Å². The Bertz CT molecular complexity index is 159. The molecule has 0 aliphatic heterocycles. The molecular formula is C6H11N3S. The van der Waals surface area contributed by atoms with Crippen molar-refractivity contribution in [1.29, 1.82) is 5.26 Å². The fraction of sp³-hybridized carbons (Fsp3) is 0.667. The molecule has 0 atom stereocenters. The van der Waals surface area contributed by atoms with E-state index >= 15 is 0 Å². The van der Waals surface area contributed by atoms with Crippen LogP contribution in [0.2, 0.25) is 0 Å². The van der Waals surface area contributed by atoms with Gasteiger partial charge in [-0.05, 0) is 13.2 Å². The number of amidine groups is 1. The third kappa shape index (κ3) is 2.74. The summed E-state index contributed by atoms with van der Waals surface area (Å²) in [6.45, 7) is 2.89. The Labute approximate surface area is 65.7 Å². The summed E-state index contributed by atoms with van der Waals surface area (Å²) >= 11 is 1.48. The smallest absolute Gasteiger partial charge is 0.208 e. The molecule has 0 aliphatic carbocycles. The third-order valence-electron chi connectivity index (χ3n) is 1.13. The summed E-state index contributed by atoms with van der Waals surface area (Å²) in [7, 11) is 1.91. The van der Waals surface area contributed by atoms with E-state index in [1.807, 2.05) is 25.1 Å². The predicted octanol–water partition coefficient (Wildman–Crippen LogP) is 1.14. The Kier molecular flexibility index (Phi) is 4.77. The quantitative estimate of drug-likeness (QED) is 0.325. The lowest BCUT2D eigenvalue weighted by Gasteiger charge is -2.14. The van der Waals surface area contributed by atoms with E-state index < -0.39 is 0 Å². The first-order valence-electron chi connectivity index (χ1n) is 2.98. The molecule has 0 bridgehead atoms. The lowest BCUT2D eigenvalue weighted by atomic mass is 10.7. The maximum absolute atomic E-state index is 8.23. The first-order chi connectivity index (χ1) is 4.76. The van der Waals surface area contributed by atoms with Gasteiger partial charge in [-0.3, -0.25) is 0 Å². The first-order valence-corrected chi connectivity index (χ1v) is 4.20. The Morgan fingerprint density at radius 1 is 1.80 bits per heavy atom. The van der Waals surface area contributed by atoms with Gasteiger partial charge < -0.3 is 4.90 Å². The molecule has 0 fully saturated rings. The van der Waals surface area contributed by atoms with Gasteiger partial charge in [0.2, 0.25) is 6.19 Å². The monoisotopic (exact) mass is 157 g/mol. The van der Waals surface area contributed by atoms with Crippen molar-refractivity contribution in [2.45, 2.75) is 6.92 Å². The lowest BCUT2D eigenvalue weighted by Crippen LogP contribution is -2.23. The molecule has 0 aliphatic rings. The van der Waals surface area contributed by atoms with Gasteiger partial charge in [-0.25, -0.2) is 0 Å². The molecule has 0 amide bonds. The maximum atomic E-state index is 8.23. The van der Waals surface area contributed by atoms with E-state index in [2.05, 4.69) is 4.99 Å². The third-order valence-corrected chi connectivity index (χ3v) is 1.90. The molecule has 0 radical (unpaired) electrons. The fourth-order valence-electron chi connectivity index (χ4n) is 0.465. The normalized spacial score (nSPS) is 10.8. The molecule has 0 rings (SSSR count). The molecule has 0 saturated carbocycles. The van der Waals surface area contributed by atoms with Gasteiger partial charge in [-0.2, -0.15) is 5.26 Å². The number of hydrogen-bond donors (Lipinski definition) is 0. The highest BCUT2D eigenvalue weighted by molar-refractivity contribution is 8.13. The minimum absolute atomic E-state index is 0.769. The summed E-state index contributed by atoms with van der Waals surface area (Å²) in [5, 5.41) is 9.00. The van der Waals surface area contributed by atoms with E-state index in [0.29, 0.717) is 0 Å². The van der Waals surface area contributed by atoms with E-state index in [1.54, 1.807) is 6.19 Å². The highest BCUT2D eigenvalue weighted by Gasteiger charge is 2.00. The molecule has 0 heterocycles. The molecule has 0 aromatic rings. The van der Waals surface area contributed by atoms with Gasteiger partial charge in [0, 0.05) is 13.6 Å². The van der Waals surface area contributed by atoms with Crippen LogP contribution in [0.25, 0.3) is 0 Å². The zero-order valence-electron chi connectivity index (χ0n) is 6.46. The minimum atomic E-state index is 0.769. The molecule has 0 N–H and O–H groups in total. The van der Waals surface area contributed by atoms with Crippen LogP contribution in [-0.4, -0.2) is 29.9 Å². The second-order valence-electron chi connectivity index (χ2n) is 1.71. The Morgan fingerprint density at radius 2 is 2.40 bits per heavy atom. The van der Waals surface area contributed by atoms with Crippen LogP contribution in [0.5, 0.6) is 0 Å². The van der Waals surface area contributed by atoms with Gasteiger partial charge in [0.1, 0.15) is 0 Å². The average molecular weight is 157 g/mol. The van der Waals surface area contributed by atoms with Crippen LogP contribution in [0.15, 0.2) is 4.99 Å². The van der Waals surface area contributed by atoms with Crippen LogP contribution in [0, 0.1) is 11.5 Å². The number of hydrogen-bond acceptors (Lipinski definition) is 3. The lowest BCUT2D eigenvalue weighted by molar-refractivity contribution is 0.546. The molecule has 0 unspecified atom stereocenters. The molecule has 56 valence electrons. The molecule has 0 saturated heterocycles. The number of nitriles is 1. The first kappa shape index (κ1) is 9.31. The highest BCUT2D eigenvalue weighted by atomic mass is 32.2. The highest BCUT2D eigenvalue weighted by Crippen LogP contribution is 2.01. The maximum Gasteiger partial charge on any atom is 0.208 e. The minimum Gasteiger partial charge on any atom is -0.354 e. The summed E-state index contributed by atoms with van der Waals surface area (Å²) < 4.78 is 0. The predicted molar refractivity (Wildman–Crippen MR) is 44.9 cm³/mol. The van der Waals surface area contributed by atoms with Gasteiger partial charge >= 0.3 is 0 Å². The van der Waals surface area contributed by atoms with Crippen LogP contribution in [0.1, 0.15) is 6.92 Å². The van der Waals surface area contributed by atoms with E-state index in [0.717, 1.165) is 11.7 Å². The van der Waals surface area contributed by atoms with E-state index in [4.69, 9.17) is 5.26 Å². The molecule has 10 heavy (non-hydrogen) atoms. The number of thioether (sulfide) groups is 1. The van der Waals surface area contributed by atoms with Crippen molar-refractivity contribution >= 4 is 16.9 Å². The van der Waals surface area contributed by atoms with E-state index in [1.165, 1.54) is 11.8 Å². The van der Waals surface area contributed by atoms with Gasteiger partial charge in [-0.1, -0.05) is 11.8 Å². The number of nitrogens with zero attached hydrogens (tertiary/aromatic N) is 3. The standard InChI is InChI=1S/C6H11N3S/c1-4-9(2)6(10-3)8-5-7/h4H2,1-3H3. The molecule has 0 spiro atoms. The van der Waals surface area contributed by atoms with Crippen molar-refractivity contribution in [3.05, 3.63) is 0 Å². The van der Waals surface area contributed by atoms with Gasteiger partial charge in [0.15, 0.2) is 5.17 Å². The van der Waals surface area contributed by atoms with Crippen LogP contribution >= 0.6 is 11.8 Å². The summed E-state index contributed by atoms with van der Waals surface area (Å²) in [5.74, 6) is 0. The van der Waals surface area contributed by atoms with Crippen LogP contribution in [-0.2, 0) is 0 Å². The number of rotatable bonds is 1. The largest absolute Gasteiger partial charge is 0.354 e. The fourth-order valence-corrected chi connectivity index (χ4v) is 1.04. The van der Waals surface area contributed by atoms with E-state index in [-0.39, 0.29) is 0 Å². The summed E-state index contributed by atoms with van der Waals surface area (Å²) in [4.78, 5) is 5.55. The molecular weight excluding hydrogens is 146 g/mol. The van der Waals surface area contributed by atoms with Crippen LogP contribution < -0.4 is 0 Å². The van der Waals surface area contributed by atoms with Crippen molar-refractivity contribution < 1.29 is 0 Å². The summed E-state index contributed by atoms with van der Waals surface area (Å²) in [5.41, 5.74) is 0. The zero-order chi connectivity index (χ0) is 7.98. The van der Waals surface area contributed by atoms with Crippen molar-refractivity contribution in [1.82, 2.24) is 4.90 Å². The van der Waals surface area contributed by atoms with Gasteiger partial charge in [-0.15, -0.1) is 4.99 Å². The van der Waals surface area contributed by atoms with Crippen molar-refractivity contribution in [2.24, 2.45) is 4.99 Å². The zero-order valence-corrected chi connectivity index (χ0v) is 7.27. The van der Waals surface area contributed by atoms with Crippen LogP contribution in [0.3, 0.4) is 0 Å². The Hall–Kier alpha value is -0.690. The number of aliphatic imine (C=N–C) groups is 1. The Balaban J connectivity index is 4.09. The summed E-state index contributed by atoms with van der Waals surface area (Å²) in [6, 6.07) is 0. The molecule has 0 aromatic heterocycles. The second kappa shape index (κ2) is 5.12. The second-order valence-corrected chi connectivity index (χ2v) is 2.49. The molecule has 4 heteroatoms. The van der Waals surface area contributed by atoms with Gasteiger partial charge in [0.05, 0.1) is 0 Å².